The maximum atomic E-state index is 12.8. The number of nitrogens with one attached hydrogen (secondary N) is 1. The Morgan fingerprint density at radius 2 is 0.926 bits per heavy atom. The minimum atomic E-state index is -1.54. The zero-order chi connectivity index (χ0) is 39.5. The van der Waals surface area contributed by atoms with Crippen LogP contribution in [0.3, 0.4) is 0 Å². The van der Waals surface area contributed by atoms with Gasteiger partial charge in [-0.15, -0.1) is 0 Å². The number of unbranched alkanes of at least 4 members (excludes halogenated alkanes) is 29. The summed E-state index contributed by atoms with van der Waals surface area (Å²) in [5.74, 6) is -0.151. The molecule has 1 aliphatic rings. The van der Waals surface area contributed by atoms with E-state index in [-0.39, 0.29) is 12.5 Å². The van der Waals surface area contributed by atoms with Gasteiger partial charge in [0.25, 0.3) is 0 Å². The predicted octanol–water partition coefficient (Wildman–Crippen LogP) is 9.56. The van der Waals surface area contributed by atoms with Crippen LogP contribution in [0, 0.1) is 0 Å². The van der Waals surface area contributed by atoms with Crippen molar-refractivity contribution in [3.63, 3.8) is 0 Å². The third-order valence-corrected chi connectivity index (χ3v) is 11.5. The lowest BCUT2D eigenvalue weighted by Crippen LogP contribution is -2.60. The molecule has 1 saturated heterocycles. The average molecular weight is 772 g/mol. The van der Waals surface area contributed by atoms with Crippen LogP contribution in [-0.2, 0) is 14.3 Å². The molecule has 54 heavy (non-hydrogen) atoms. The van der Waals surface area contributed by atoms with Gasteiger partial charge >= 0.3 is 0 Å². The number of carbonyl (C=O) groups is 1. The Labute approximate surface area is 332 Å². The van der Waals surface area contributed by atoms with Crippen LogP contribution in [0.25, 0.3) is 0 Å². The Morgan fingerprint density at radius 1 is 0.556 bits per heavy atom. The summed E-state index contributed by atoms with van der Waals surface area (Å²) >= 11 is 0. The second kappa shape index (κ2) is 36.5. The molecule has 1 amide bonds. The molecule has 1 aliphatic heterocycles. The minimum absolute atomic E-state index is 0.138. The smallest absolute Gasteiger partial charge is 0.220 e. The van der Waals surface area contributed by atoms with Gasteiger partial charge in [-0.25, -0.2) is 0 Å². The third kappa shape index (κ3) is 26.9. The van der Waals surface area contributed by atoms with E-state index in [1.54, 1.807) is 0 Å². The first-order valence-corrected chi connectivity index (χ1v) is 23.2. The highest BCUT2D eigenvalue weighted by molar-refractivity contribution is 5.76. The van der Waals surface area contributed by atoms with Crippen molar-refractivity contribution in [1.29, 1.82) is 0 Å². The zero-order valence-corrected chi connectivity index (χ0v) is 35.3. The third-order valence-electron chi connectivity index (χ3n) is 11.5. The summed E-state index contributed by atoms with van der Waals surface area (Å²) in [6.07, 6.45) is 33.8. The minimum Gasteiger partial charge on any atom is -0.394 e. The second-order valence-electron chi connectivity index (χ2n) is 16.6. The van der Waals surface area contributed by atoms with Crippen molar-refractivity contribution in [3.8, 4) is 0 Å². The van der Waals surface area contributed by atoms with E-state index in [4.69, 9.17) is 9.47 Å². The molecule has 0 aliphatic carbocycles. The van der Waals surface area contributed by atoms with Gasteiger partial charge in [0.2, 0.25) is 5.91 Å². The molecule has 0 spiro atoms. The number of rotatable bonds is 39. The molecule has 6 N–H and O–H groups in total. The Kier molecular flexibility index (Phi) is 34.6. The molecule has 0 saturated carbocycles. The van der Waals surface area contributed by atoms with E-state index in [1.165, 1.54) is 161 Å². The van der Waals surface area contributed by atoms with Gasteiger partial charge in [0.15, 0.2) is 6.29 Å². The Hall–Kier alpha value is -0.810. The lowest BCUT2D eigenvalue weighted by molar-refractivity contribution is -0.302. The quantitative estimate of drug-likeness (QED) is 0.0339. The summed E-state index contributed by atoms with van der Waals surface area (Å²) in [6.45, 7) is 3.68. The van der Waals surface area contributed by atoms with Crippen LogP contribution in [0.4, 0.5) is 0 Å². The van der Waals surface area contributed by atoms with Crippen LogP contribution in [0.1, 0.15) is 226 Å². The van der Waals surface area contributed by atoms with E-state index >= 15 is 0 Å². The first-order chi connectivity index (χ1) is 26.3. The Bertz CT molecular complexity index is 817. The first-order valence-electron chi connectivity index (χ1n) is 23.2. The van der Waals surface area contributed by atoms with Crippen molar-refractivity contribution >= 4 is 5.91 Å². The largest absolute Gasteiger partial charge is 0.394 e. The molecule has 0 aromatic rings. The molecule has 9 nitrogen and oxygen atoms in total. The lowest BCUT2D eigenvalue weighted by Gasteiger charge is -2.40. The zero-order valence-electron chi connectivity index (χ0n) is 35.3. The number of aliphatic hydroxyl groups is 5. The monoisotopic (exact) mass is 772 g/mol. The molecular weight excluding hydrogens is 682 g/mol. The number of aliphatic hydroxyl groups excluding tert-OH is 5. The summed E-state index contributed by atoms with van der Waals surface area (Å²) < 4.78 is 11.1. The van der Waals surface area contributed by atoms with Crippen molar-refractivity contribution in [1.82, 2.24) is 5.32 Å². The maximum Gasteiger partial charge on any atom is 0.220 e. The number of hydrogen-bond acceptors (Lipinski definition) is 8. The fourth-order valence-corrected chi connectivity index (χ4v) is 7.69. The SMILES string of the molecule is CCCCCCCCCCCCCCCCCCCCCCCCCCCCCCC(=O)NC(COC1OC(CO)C(O)C(O)C1O)C(O)CCCCC. The number of ether oxygens (including phenoxy) is 2. The van der Waals surface area contributed by atoms with Gasteiger partial charge < -0.3 is 40.3 Å². The van der Waals surface area contributed by atoms with Crippen LogP contribution in [-0.4, -0.2) is 87.5 Å². The van der Waals surface area contributed by atoms with E-state index in [9.17, 15) is 30.3 Å². The fourth-order valence-electron chi connectivity index (χ4n) is 7.69. The summed E-state index contributed by atoms with van der Waals surface area (Å²) in [7, 11) is 0. The van der Waals surface area contributed by atoms with Gasteiger partial charge in [0, 0.05) is 6.42 Å². The molecule has 7 unspecified atom stereocenters. The van der Waals surface area contributed by atoms with E-state index in [2.05, 4.69) is 19.2 Å². The van der Waals surface area contributed by atoms with Crippen LogP contribution < -0.4 is 5.32 Å². The number of hydrogen-bond donors (Lipinski definition) is 6. The molecule has 1 rings (SSSR count). The second-order valence-corrected chi connectivity index (χ2v) is 16.6. The van der Waals surface area contributed by atoms with Crippen molar-refractivity contribution in [2.24, 2.45) is 0 Å². The molecule has 1 fully saturated rings. The van der Waals surface area contributed by atoms with Gasteiger partial charge in [-0.05, 0) is 12.8 Å². The molecule has 0 aromatic heterocycles. The van der Waals surface area contributed by atoms with Gasteiger partial charge in [-0.1, -0.05) is 206 Å². The highest BCUT2D eigenvalue weighted by Crippen LogP contribution is 2.23. The molecule has 322 valence electrons. The maximum absolute atomic E-state index is 12.8. The van der Waals surface area contributed by atoms with Crippen molar-refractivity contribution < 1.29 is 39.8 Å². The van der Waals surface area contributed by atoms with Crippen LogP contribution in [0.5, 0.6) is 0 Å². The molecule has 1 heterocycles. The molecule has 0 aromatic carbocycles. The van der Waals surface area contributed by atoms with E-state index in [0.29, 0.717) is 12.8 Å². The Morgan fingerprint density at radius 3 is 1.31 bits per heavy atom. The summed E-state index contributed by atoms with van der Waals surface area (Å²) in [6, 6.07) is -0.708. The van der Waals surface area contributed by atoms with Gasteiger partial charge in [-0.3, -0.25) is 4.79 Å². The molecule has 0 radical (unpaired) electrons. The van der Waals surface area contributed by atoms with Gasteiger partial charge in [0.1, 0.15) is 24.4 Å². The average Bonchev–Trinajstić information content (AvgIpc) is 3.17. The van der Waals surface area contributed by atoms with Crippen LogP contribution in [0.2, 0.25) is 0 Å². The standard InChI is InChI=1S/C45H89NO8/c1-3-5-7-8-9-10-11-12-13-14-15-16-17-18-19-20-21-22-23-24-25-26-27-28-29-30-31-33-35-41(49)46-38(39(48)34-32-6-4-2)37-53-45-44(52)43(51)42(50)40(36-47)54-45/h38-40,42-45,47-48,50-52H,3-37H2,1-2H3,(H,46,49). The highest BCUT2D eigenvalue weighted by Gasteiger charge is 2.44. The summed E-state index contributed by atoms with van der Waals surface area (Å²) in [5.41, 5.74) is 0. The van der Waals surface area contributed by atoms with Gasteiger partial charge in [-0.2, -0.15) is 0 Å². The van der Waals surface area contributed by atoms with Crippen molar-refractivity contribution in [2.45, 2.75) is 269 Å². The van der Waals surface area contributed by atoms with Gasteiger partial charge in [0.05, 0.1) is 25.4 Å². The number of amides is 1. The molecule has 7 atom stereocenters. The van der Waals surface area contributed by atoms with E-state index in [0.717, 1.165) is 38.5 Å². The fraction of sp³-hybridized carbons (Fsp3) is 0.978. The number of carbonyl (C=O) groups excluding carboxylic acids is 1. The van der Waals surface area contributed by atoms with Crippen molar-refractivity contribution in [2.75, 3.05) is 13.2 Å². The molecule has 9 heteroatoms. The van der Waals surface area contributed by atoms with Crippen molar-refractivity contribution in [3.05, 3.63) is 0 Å². The molecule has 0 bridgehead atoms. The highest BCUT2D eigenvalue weighted by atomic mass is 16.7. The normalized spacial score (nSPS) is 21.4. The first kappa shape index (κ1) is 51.2. The topological polar surface area (TPSA) is 149 Å². The molecular formula is C45H89NO8. The van der Waals surface area contributed by atoms with Crippen LogP contribution >= 0.6 is 0 Å². The Balaban J connectivity index is 1.99. The van der Waals surface area contributed by atoms with E-state index in [1.807, 2.05) is 0 Å². The summed E-state index contributed by atoms with van der Waals surface area (Å²) in [4.78, 5) is 12.8. The predicted molar refractivity (Wildman–Crippen MR) is 221 cm³/mol. The summed E-state index contributed by atoms with van der Waals surface area (Å²) in [5, 5.41) is 53.5. The lowest BCUT2D eigenvalue weighted by atomic mass is 9.99. The van der Waals surface area contributed by atoms with Crippen LogP contribution in [0.15, 0.2) is 0 Å². The van der Waals surface area contributed by atoms with E-state index < -0.39 is 49.5 Å².